The second-order valence-corrected chi connectivity index (χ2v) is 5.07. The molecule has 0 saturated carbocycles. The fraction of sp³-hybridized carbons (Fsp3) is 0.0476. The van der Waals surface area contributed by atoms with E-state index >= 15 is 0 Å². The van der Waals surface area contributed by atoms with E-state index in [1.807, 2.05) is 42.5 Å². The van der Waals surface area contributed by atoms with Crippen LogP contribution in [0.15, 0.2) is 96.8 Å². The van der Waals surface area contributed by atoms with Crippen LogP contribution in [0, 0.1) is 0 Å². The molecule has 108 valence electrons. The Bertz CT molecular complexity index is 706. The third kappa shape index (κ3) is 3.86. The number of hydrogen-bond donors (Lipinski definition) is 0. The molecule has 0 N–H and O–H groups in total. The number of allylic oxidation sites excluding steroid dienone is 2. The van der Waals surface area contributed by atoms with E-state index in [0.717, 1.165) is 5.57 Å². The Balaban J connectivity index is 1.74. The van der Waals surface area contributed by atoms with E-state index in [1.54, 1.807) is 6.26 Å². The van der Waals surface area contributed by atoms with E-state index in [-0.39, 0.29) is 6.10 Å². The van der Waals surface area contributed by atoms with Crippen molar-refractivity contribution in [3.63, 3.8) is 0 Å². The van der Waals surface area contributed by atoms with Gasteiger partial charge in [-0.25, -0.2) is 0 Å². The van der Waals surface area contributed by atoms with Gasteiger partial charge < -0.3 is 4.74 Å². The maximum absolute atomic E-state index is 5.71. The zero-order chi connectivity index (χ0) is 15.0. The minimum Gasteiger partial charge on any atom is -0.489 e. The standard InChI is InChI=1S/C21H18O/c1-3-8-18(9-4-1)13-15-20-12-7-17-22-21(20)16-14-19-10-5-2-6-11-19/h1-17,21H. The first-order valence-electron chi connectivity index (χ1n) is 7.40. The van der Waals surface area contributed by atoms with Crippen molar-refractivity contribution >= 4 is 12.2 Å². The summed E-state index contributed by atoms with van der Waals surface area (Å²) in [5, 5.41) is 0. The van der Waals surface area contributed by atoms with Gasteiger partial charge in [0.05, 0.1) is 6.26 Å². The van der Waals surface area contributed by atoms with Crippen LogP contribution >= 0.6 is 0 Å². The van der Waals surface area contributed by atoms with Gasteiger partial charge in [0.15, 0.2) is 0 Å². The lowest BCUT2D eigenvalue weighted by Crippen LogP contribution is -2.10. The second kappa shape index (κ2) is 7.28. The smallest absolute Gasteiger partial charge is 0.141 e. The Morgan fingerprint density at radius 2 is 1.36 bits per heavy atom. The van der Waals surface area contributed by atoms with Crippen molar-refractivity contribution in [1.82, 2.24) is 0 Å². The minimum absolute atomic E-state index is 0.0508. The minimum atomic E-state index is -0.0508. The molecule has 1 aliphatic heterocycles. The fourth-order valence-corrected chi connectivity index (χ4v) is 2.28. The van der Waals surface area contributed by atoms with E-state index in [0.29, 0.717) is 0 Å². The molecule has 0 fully saturated rings. The van der Waals surface area contributed by atoms with Crippen molar-refractivity contribution in [2.45, 2.75) is 6.10 Å². The Labute approximate surface area is 131 Å². The zero-order valence-corrected chi connectivity index (χ0v) is 12.3. The molecular formula is C21H18O. The molecule has 1 nitrogen and oxygen atoms in total. The molecule has 0 aromatic heterocycles. The molecule has 0 bridgehead atoms. The second-order valence-electron chi connectivity index (χ2n) is 5.07. The van der Waals surface area contributed by atoms with Crippen LogP contribution in [0.2, 0.25) is 0 Å². The molecule has 1 aliphatic rings. The molecule has 1 unspecified atom stereocenters. The molecule has 0 saturated heterocycles. The van der Waals surface area contributed by atoms with Crippen LogP contribution in [-0.2, 0) is 4.74 Å². The summed E-state index contributed by atoms with van der Waals surface area (Å²) in [5.41, 5.74) is 3.49. The maximum atomic E-state index is 5.71. The Hall–Kier alpha value is -2.80. The molecule has 1 heteroatoms. The van der Waals surface area contributed by atoms with Crippen molar-refractivity contribution in [3.05, 3.63) is 108 Å². The number of rotatable bonds is 4. The van der Waals surface area contributed by atoms with Crippen molar-refractivity contribution in [2.24, 2.45) is 0 Å². The molecule has 3 rings (SSSR count). The number of ether oxygens (including phenoxy) is 1. The zero-order valence-electron chi connectivity index (χ0n) is 12.3. The van der Waals surface area contributed by atoms with Crippen LogP contribution in [-0.4, -0.2) is 6.10 Å². The monoisotopic (exact) mass is 286 g/mol. The third-order valence-electron chi connectivity index (χ3n) is 3.45. The Kier molecular flexibility index (Phi) is 4.68. The SMILES string of the molecule is C1=COC(C=Cc2ccccc2)C(C=Cc2ccccc2)=C1. The average Bonchev–Trinajstić information content (AvgIpc) is 2.61. The quantitative estimate of drug-likeness (QED) is 0.745. The first kappa shape index (κ1) is 14.2. The van der Waals surface area contributed by atoms with Crippen LogP contribution in [0.1, 0.15) is 11.1 Å². The predicted octanol–water partition coefficient (Wildman–Crippen LogP) is 5.25. The molecule has 1 atom stereocenters. The topological polar surface area (TPSA) is 9.23 Å². The van der Waals surface area contributed by atoms with Gasteiger partial charge in [-0.2, -0.15) is 0 Å². The lowest BCUT2D eigenvalue weighted by Gasteiger charge is -2.17. The summed E-state index contributed by atoms with van der Waals surface area (Å²) in [6.07, 6.45) is 14.1. The Morgan fingerprint density at radius 3 is 2.05 bits per heavy atom. The Morgan fingerprint density at radius 1 is 0.727 bits per heavy atom. The fourth-order valence-electron chi connectivity index (χ4n) is 2.28. The molecule has 1 heterocycles. The summed E-state index contributed by atoms with van der Waals surface area (Å²) < 4.78 is 5.71. The van der Waals surface area contributed by atoms with Gasteiger partial charge in [0.25, 0.3) is 0 Å². The van der Waals surface area contributed by atoms with Crippen molar-refractivity contribution in [1.29, 1.82) is 0 Å². The highest BCUT2D eigenvalue weighted by Crippen LogP contribution is 2.18. The first-order chi connectivity index (χ1) is 10.9. The molecule has 2 aromatic rings. The van der Waals surface area contributed by atoms with E-state index in [9.17, 15) is 0 Å². The predicted molar refractivity (Wildman–Crippen MR) is 93.0 cm³/mol. The van der Waals surface area contributed by atoms with Gasteiger partial charge in [-0.15, -0.1) is 0 Å². The van der Waals surface area contributed by atoms with Crippen LogP contribution in [0.5, 0.6) is 0 Å². The van der Waals surface area contributed by atoms with Crippen LogP contribution in [0.25, 0.3) is 12.2 Å². The van der Waals surface area contributed by atoms with Crippen LogP contribution in [0.4, 0.5) is 0 Å². The number of benzene rings is 2. The maximum Gasteiger partial charge on any atom is 0.141 e. The van der Waals surface area contributed by atoms with Crippen molar-refractivity contribution in [3.8, 4) is 0 Å². The van der Waals surface area contributed by atoms with Gasteiger partial charge in [0.1, 0.15) is 6.10 Å². The lowest BCUT2D eigenvalue weighted by molar-refractivity contribution is 0.217. The van der Waals surface area contributed by atoms with Crippen molar-refractivity contribution in [2.75, 3.05) is 0 Å². The van der Waals surface area contributed by atoms with E-state index in [1.165, 1.54) is 11.1 Å². The summed E-state index contributed by atoms with van der Waals surface area (Å²) in [7, 11) is 0. The van der Waals surface area contributed by atoms with Gasteiger partial charge in [-0.3, -0.25) is 0 Å². The van der Waals surface area contributed by atoms with Gasteiger partial charge in [-0.05, 0) is 28.9 Å². The molecule has 0 aliphatic carbocycles. The van der Waals surface area contributed by atoms with Crippen LogP contribution in [0.3, 0.4) is 0 Å². The lowest BCUT2D eigenvalue weighted by atomic mass is 10.0. The summed E-state index contributed by atoms with van der Waals surface area (Å²) in [6.45, 7) is 0. The average molecular weight is 286 g/mol. The highest BCUT2D eigenvalue weighted by atomic mass is 16.5. The first-order valence-corrected chi connectivity index (χ1v) is 7.40. The largest absolute Gasteiger partial charge is 0.489 e. The highest BCUT2D eigenvalue weighted by Gasteiger charge is 2.10. The van der Waals surface area contributed by atoms with E-state index < -0.39 is 0 Å². The normalized spacial score (nSPS) is 17.6. The van der Waals surface area contributed by atoms with E-state index in [2.05, 4.69) is 54.6 Å². The van der Waals surface area contributed by atoms with Gasteiger partial charge >= 0.3 is 0 Å². The number of hydrogen-bond acceptors (Lipinski definition) is 1. The molecule has 22 heavy (non-hydrogen) atoms. The van der Waals surface area contributed by atoms with E-state index in [4.69, 9.17) is 4.74 Å². The summed E-state index contributed by atoms with van der Waals surface area (Å²) in [4.78, 5) is 0. The van der Waals surface area contributed by atoms with Crippen LogP contribution < -0.4 is 0 Å². The molecule has 0 amide bonds. The van der Waals surface area contributed by atoms with Gasteiger partial charge in [0, 0.05) is 0 Å². The molecular weight excluding hydrogens is 268 g/mol. The third-order valence-corrected chi connectivity index (χ3v) is 3.45. The molecule has 0 radical (unpaired) electrons. The highest BCUT2D eigenvalue weighted by molar-refractivity contribution is 5.56. The van der Waals surface area contributed by atoms with Gasteiger partial charge in [0.2, 0.25) is 0 Å². The molecule has 2 aromatic carbocycles. The summed E-state index contributed by atoms with van der Waals surface area (Å²) in [6, 6.07) is 20.5. The summed E-state index contributed by atoms with van der Waals surface area (Å²) in [5.74, 6) is 0. The van der Waals surface area contributed by atoms with Gasteiger partial charge in [-0.1, -0.05) is 85.0 Å². The van der Waals surface area contributed by atoms with Crippen molar-refractivity contribution < 1.29 is 4.74 Å². The molecule has 0 spiro atoms. The summed E-state index contributed by atoms with van der Waals surface area (Å²) >= 11 is 0.